The van der Waals surface area contributed by atoms with Crippen LogP contribution in [-0.2, 0) is 11.2 Å². The number of hydrogen-bond acceptors (Lipinski definition) is 5. The summed E-state index contributed by atoms with van der Waals surface area (Å²) in [6.45, 7) is 12.8. The first-order valence-electron chi connectivity index (χ1n) is 16.9. The van der Waals surface area contributed by atoms with Crippen LogP contribution in [0.25, 0.3) is 0 Å². The van der Waals surface area contributed by atoms with Crippen LogP contribution in [-0.4, -0.2) is 48.3 Å². The number of ether oxygens (including phenoxy) is 2. The van der Waals surface area contributed by atoms with Crippen LogP contribution < -0.4 is 9.47 Å². The highest BCUT2D eigenvalue weighted by molar-refractivity contribution is 5.69. The molecule has 5 nitrogen and oxygen atoms in total. The van der Waals surface area contributed by atoms with Crippen molar-refractivity contribution in [2.24, 2.45) is 16.7 Å². The fourth-order valence-electron chi connectivity index (χ4n) is 9.05. The first kappa shape index (κ1) is 32.0. The van der Waals surface area contributed by atoms with Crippen LogP contribution in [0.3, 0.4) is 0 Å². The molecule has 5 rings (SSSR count). The van der Waals surface area contributed by atoms with Gasteiger partial charge in [0.1, 0.15) is 11.5 Å². The van der Waals surface area contributed by atoms with E-state index in [4.69, 9.17) is 9.47 Å². The summed E-state index contributed by atoms with van der Waals surface area (Å²) in [6, 6.07) is 15.8. The molecule has 3 aliphatic carbocycles. The minimum absolute atomic E-state index is 0.0789. The molecule has 3 aliphatic rings. The van der Waals surface area contributed by atoms with Gasteiger partial charge in [-0.1, -0.05) is 51.3 Å². The summed E-state index contributed by atoms with van der Waals surface area (Å²) in [5, 5.41) is 11.3. The lowest BCUT2D eigenvalue weighted by atomic mass is 9.44. The Bertz CT molecular complexity index is 1240. The fourth-order valence-corrected chi connectivity index (χ4v) is 9.05. The van der Waals surface area contributed by atoms with E-state index in [9.17, 15) is 9.90 Å². The van der Waals surface area contributed by atoms with E-state index >= 15 is 0 Å². The minimum atomic E-state index is -0.278. The third-order valence-electron chi connectivity index (χ3n) is 11.6. The second-order valence-corrected chi connectivity index (χ2v) is 14.7. The van der Waals surface area contributed by atoms with Gasteiger partial charge in [0.05, 0.1) is 12.7 Å². The Morgan fingerprint density at radius 3 is 2.40 bits per heavy atom. The maximum absolute atomic E-state index is 11.6. The predicted molar refractivity (Wildman–Crippen MR) is 174 cm³/mol. The van der Waals surface area contributed by atoms with Gasteiger partial charge in [0.15, 0.2) is 0 Å². The standard InChI is InChI=1S/C38H55NO4/c1-26(2)39(6)22-10-8-7-9-11-23-42-30-14-12-28(13-15-30)33-25-38(5)34(18-19-35(38)41)37(4)21-20-29-24-31(43-27(3)40)16-17-32(29)36(33)37/h12-17,24,26,33-36,41H,7-11,18-23,25H2,1-6H3/t33-,34+,35+,36+,37+,38+/m1/s1. The summed E-state index contributed by atoms with van der Waals surface area (Å²) in [6.07, 6.45) is 10.9. The highest BCUT2D eigenvalue weighted by Crippen LogP contribution is 2.70. The van der Waals surface area contributed by atoms with E-state index in [0.29, 0.717) is 29.5 Å². The summed E-state index contributed by atoms with van der Waals surface area (Å²) in [4.78, 5) is 14.1. The highest BCUT2D eigenvalue weighted by atomic mass is 16.5. The van der Waals surface area contributed by atoms with Gasteiger partial charge >= 0.3 is 5.97 Å². The van der Waals surface area contributed by atoms with Crippen LogP contribution in [0, 0.1) is 16.7 Å². The first-order valence-corrected chi connectivity index (χ1v) is 16.9. The number of unbranched alkanes of at least 4 members (excludes halogenated alkanes) is 4. The summed E-state index contributed by atoms with van der Waals surface area (Å²) < 4.78 is 11.6. The zero-order valence-corrected chi connectivity index (χ0v) is 27.5. The van der Waals surface area contributed by atoms with Crippen LogP contribution in [0.15, 0.2) is 42.5 Å². The van der Waals surface area contributed by atoms with Crippen LogP contribution in [0.2, 0.25) is 0 Å². The number of nitrogens with zero attached hydrogens (tertiary/aromatic N) is 1. The van der Waals surface area contributed by atoms with Gasteiger partial charge in [-0.05, 0) is 142 Å². The van der Waals surface area contributed by atoms with Gasteiger partial charge in [0.2, 0.25) is 0 Å². The molecule has 0 radical (unpaired) electrons. The largest absolute Gasteiger partial charge is 0.494 e. The summed E-state index contributed by atoms with van der Waals surface area (Å²) in [5.41, 5.74) is 4.06. The van der Waals surface area contributed by atoms with E-state index in [-0.39, 0.29) is 22.9 Å². The SMILES string of the molecule is CC(=O)Oc1ccc2c(c1)CC[C@@]1(C)[C@@H]3CC[C@H](O)[C@@]3(C)C[C@H](c3ccc(OCCCCCCCN(C)C(C)C)cc3)[C@H]21. The summed E-state index contributed by atoms with van der Waals surface area (Å²) in [5.74, 6) is 2.47. The zero-order chi connectivity index (χ0) is 30.8. The molecule has 0 spiro atoms. The van der Waals surface area contributed by atoms with Gasteiger partial charge in [-0.2, -0.15) is 0 Å². The van der Waals surface area contributed by atoms with Gasteiger partial charge in [0, 0.05) is 13.0 Å². The molecule has 2 fully saturated rings. The molecule has 0 unspecified atom stereocenters. The number of benzene rings is 2. The maximum atomic E-state index is 11.6. The van der Waals surface area contributed by atoms with Crippen LogP contribution in [0.5, 0.6) is 11.5 Å². The Balaban J connectivity index is 1.27. The van der Waals surface area contributed by atoms with E-state index in [0.717, 1.165) is 50.9 Å². The van der Waals surface area contributed by atoms with Crippen molar-refractivity contribution in [3.8, 4) is 11.5 Å². The molecular weight excluding hydrogens is 534 g/mol. The lowest BCUT2D eigenvalue weighted by molar-refractivity contribution is -0.131. The van der Waals surface area contributed by atoms with Crippen molar-refractivity contribution in [2.45, 2.75) is 123 Å². The van der Waals surface area contributed by atoms with Crippen LogP contribution in [0.4, 0.5) is 0 Å². The number of hydrogen-bond donors (Lipinski definition) is 1. The number of aliphatic hydroxyl groups excluding tert-OH is 1. The molecule has 0 bridgehead atoms. The number of rotatable bonds is 12. The van der Waals surface area contributed by atoms with Crippen molar-refractivity contribution >= 4 is 5.97 Å². The van der Waals surface area contributed by atoms with E-state index in [1.54, 1.807) is 0 Å². The van der Waals surface area contributed by atoms with E-state index in [1.165, 1.54) is 55.8 Å². The maximum Gasteiger partial charge on any atom is 0.308 e. The molecule has 2 aromatic carbocycles. The van der Waals surface area contributed by atoms with Crippen molar-refractivity contribution in [1.82, 2.24) is 4.90 Å². The third kappa shape index (κ3) is 6.68. The molecule has 5 heteroatoms. The minimum Gasteiger partial charge on any atom is -0.494 e. The Morgan fingerprint density at radius 1 is 0.977 bits per heavy atom. The van der Waals surface area contributed by atoms with Gasteiger partial charge in [-0.25, -0.2) is 0 Å². The molecular formula is C38H55NO4. The molecule has 0 aromatic heterocycles. The van der Waals surface area contributed by atoms with Gasteiger partial charge in [0.25, 0.3) is 0 Å². The first-order chi connectivity index (χ1) is 20.5. The number of aryl methyl sites for hydroxylation is 1. The lowest BCUT2D eigenvalue weighted by Gasteiger charge is -2.60. The molecule has 0 aliphatic heterocycles. The smallest absolute Gasteiger partial charge is 0.308 e. The quantitative estimate of drug-likeness (QED) is 0.153. The van der Waals surface area contributed by atoms with Crippen molar-refractivity contribution in [2.75, 3.05) is 20.2 Å². The summed E-state index contributed by atoms with van der Waals surface area (Å²) >= 11 is 0. The van der Waals surface area contributed by atoms with Crippen LogP contribution >= 0.6 is 0 Å². The molecule has 6 atom stereocenters. The molecule has 43 heavy (non-hydrogen) atoms. The highest BCUT2D eigenvalue weighted by Gasteiger charge is 2.62. The Hall–Kier alpha value is -2.37. The Labute approximate surface area is 260 Å². The average Bonchev–Trinajstić information content (AvgIpc) is 3.28. The molecule has 0 heterocycles. The second kappa shape index (κ2) is 13.3. The molecule has 0 saturated heterocycles. The van der Waals surface area contributed by atoms with Gasteiger partial charge < -0.3 is 19.5 Å². The zero-order valence-electron chi connectivity index (χ0n) is 27.5. The number of aliphatic hydroxyl groups is 1. The van der Waals surface area contributed by atoms with Crippen LogP contribution in [0.1, 0.15) is 121 Å². The van der Waals surface area contributed by atoms with Crippen molar-refractivity contribution in [3.63, 3.8) is 0 Å². The molecule has 2 aromatic rings. The van der Waals surface area contributed by atoms with E-state index in [2.05, 4.69) is 76.0 Å². The summed E-state index contributed by atoms with van der Waals surface area (Å²) in [7, 11) is 2.21. The number of carbonyl (C=O) groups is 1. The Kier molecular flexibility index (Phi) is 9.92. The van der Waals surface area contributed by atoms with Crippen molar-refractivity contribution < 1.29 is 19.4 Å². The molecule has 2 saturated carbocycles. The number of esters is 1. The Morgan fingerprint density at radius 2 is 1.67 bits per heavy atom. The van der Waals surface area contributed by atoms with Gasteiger partial charge in [-0.3, -0.25) is 4.79 Å². The van der Waals surface area contributed by atoms with Crippen molar-refractivity contribution in [1.29, 1.82) is 0 Å². The van der Waals surface area contributed by atoms with Gasteiger partial charge in [-0.15, -0.1) is 0 Å². The molecule has 0 amide bonds. The topological polar surface area (TPSA) is 59.0 Å². The lowest BCUT2D eigenvalue weighted by Crippen LogP contribution is -2.52. The normalized spacial score (nSPS) is 29.7. The average molecular weight is 590 g/mol. The molecule has 236 valence electrons. The second-order valence-electron chi connectivity index (χ2n) is 14.7. The predicted octanol–water partition coefficient (Wildman–Crippen LogP) is 8.28. The van der Waals surface area contributed by atoms with E-state index < -0.39 is 0 Å². The monoisotopic (exact) mass is 589 g/mol. The number of carbonyl (C=O) groups excluding carboxylic acids is 1. The molecule has 1 N–H and O–H groups in total. The fraction of sp³-hybridized carbons (Fsp3) is 0.658. The third-order valence-corrected chi connectivity index (χ3v) is 11.6. The van der Waals surface area contributed by atoms with Crippen molar-refractivity contribution in [3.05, 3.63) is 59.2 Å². The number of fused-ring (bicyclic) bond motifs is 5. The van der Waals surface area contributed by atoms with E-state index in [1.807, 2.05) is 6.07 Å².